The Kier molecular flexibility index (Phi) is 3.67. The molecule has 0 atom stereocenters. The Morgan fingerprint density at radius 3 is 2.56 bits per heavy atom. The summed E-state index contributed by atoms with van der Waals surface area (Å²) < 4.78 is 0. The van der Waals surface area contributed by atoms with E-state index >= 15 is 0 Å². The first kappa shape index (κ1) is 11.8. The van der Waals surface area contributed by atoms with Crippen LogP contribution in [-0.4, -0.2) is 22.2 Å². The second-order valence-corrected chi connectivity index (χ2v) is 3.17. The molecule has 0 saturated heterocycles. The number of aryl methyl sites for hydroxylation is 1. The van der Waals surface area contributed by atoms with Gasteiger partial charge in [0.05, 0.1) is 5.56 Å². The number of hydrogen-bond donors (Lipinski definition) is 2. The third kappa shape index (κ3) is 2.85. The van der Waals surface area contributed by atoms with Gasteiger partial charge < -0.3 is 10.2 Å². The quantitative estimate of drug-likeness (QED) is 0.738. The predicted octanol–water partition coefficient (Wildman–Crippen LogP) is 1.52. The average molecular weight is 218 g/mol. The van der Waals surface area contributed by atoms with Gasteiger partial charge in [-0.3, -0.25) is 4.79 Å². The van der Waals surface area contributed by atoms with Gasteiger partial charge in [0.25, 0.3) is 0 Å². The first-order valence-electron chi connectivity index (χ1n) is 4.56. The molecule has 0 aliphatic heterocycles. The average Bonchev–Trinajstić information content (AvgIpc) is 2.19. The number of rotatable bonds is 2. The molecular weight excluding hydrogens is 208 g/mol. The fraction of sp³-hybridized carbons (Fsp3) is 0.167. The van der Waals surface area contributed by atoms with Crippen molar-refractivity contribution in [2.75, 3.05) is 0 Å². The fourth-order valence-electron chi connectivity index (χ4n) is 1.22. The van der Waals surface area contributed by atoms with Gasteiger partial charge in [0.1, 0.15) is 6.42 Å². The zero-order chi connectivity index (χ0) is 12.1. The fourth-order valence-corrected chi connectivity index (χ4v) is 1.22. The van der Waals surface area contributed by atoms with Gasteiger partial charge in [-0.05, 0) is 18.6 Å². The molecule has 0 spiro atoms. The minimum atomic E-state index is -1.07. The molecule has 0 aromatic heterocycles. The van der Waals surface area contributed by atoms with E-state index in [2.05, 4.69) is 11.8 Å². The van der Waals surface area contributed by atoms with Crippen molar-refractivity contribution in [3.63, 3.8) is 0 Å². The third-order valence-corrected chi connectivity index (χ3v) is 1.96. The van der Waals surface area contributed by atoms with E-state index in [0.29, 0.717) is 5.56 Å². The molecule has 0 radical (unpaired) electrons. The number of aliphatic carboxylic acids is 1. The normalized spacial score (nSPS) is 9.06. The number of benzene rings is 1. The number of carbonyl (C=O) groups is 2. The topological polar surface area (TPSA) is 74.6 Å². The van der Waals surface area contributed by atoms with E-state index in [4.69, 9.17) is 10.2 Å². The van der Waals surface area contributed by atoms with Gasteiger partial charge in [-0.2, -0.15) is 0 Å². The molecule has 0 fully saturated rings. The summed E-state index contributed by atoms with van der Waals surface area (Å²) in [6.07, 6.45) is -0.298. The SMILES string of the molecule is Cc1cccc(C(=O)O)c1C#CCC(=O)O. The second-order valence-electron chi connectivity index (χ2n) is 3.17. The molecule has 4 nitrogen and oxygen atoms in total. The van der Waals surface area contributed by atoms with E-state index in [0.717, 1.165) is 5.56 Å². The van der Waals surface area contributed by atoms with Crippen LogP contribution >= 0.6 is 0 Å². The summed E-state index contributed by atoms with van der Waals surface area (Å²) in [7, 11) is 0. The Morgan fingerprint density at radius 1 is 1.31 bits per heavy atom. The number of hydrogen-bond acceptors (Lipinski definition) is 2. The summed E-state index contributed by atoms with van der Waals surface area (Å²) in [4.78, 5) is 21.2. The molecule has 2 N–H and O–H groups in total. The van der Waals surface area contributed by atoms with Crippen molar-refractivity contribution >= 4 is 11.9 Å². The molecule has 1 aromatic rings. The molecule has 0 bridgehead atoms. The van der Waals surface area contributed by atoms with Crippen LogP contribution in [0.3, 0.4) is 0 Å². The Hall–Kier alpha value is -2.28. The highest BCUT2D eigenvalue weighted by Crippen LogP contribution is 2.12. The lowest BCUT2D eigenvalue weighted by Crippen LogP contribution is -2.01. The highest BCUT2D eigenvalue weighted by molar-refractivity contribution is 5.91. The van der Waals surface area contributed by atoms with Crippen molar-refractivity contribution in [1.82, 2.24) is 0 Å². The second kappa shape index (κ2) is 4.99. The molecule has 0 aliphatic rings. The van der Waals surface area contributed by atoms with Crippen LogP contribution in [0.15, 0.2) is 18.2 Å². The van der Waals surface area contributed by atoms with Gasteiger partial charge >= 0.3 is 11.9 Å². The molecule has 0 aliphatic carbocycles. The number of carboxylic acids is 2. The van der Waals surface area contributed by atoms with E-state index in [1.54, 1.807) is 19.1 Å². The molecule has 1 aromatic carbocycles. The van der Waals surface area contributed by atoms with Crippen LogP contribution in [0, 0.1) is 18.8 Å². The summed E-state index contributed by atoms with van der Waals surface area (Å²) in [5.74, 6) is 2.91. The zero-order valence-electron chi connectivity index (χ0n) is 8.65. The zero-order valence-corrected chi connectivity index (χ0v) is 8.65. The van der Waals surface area contributed by atoms with Gasteiger partial charge in [-0.15, -0.1) is 0 Å². The van der Waals surface area contributed by atoms with Crippen molar-refractivity contribution < 1.29 is 19.8 Å². The van der Waals surface area contributed by atoms with E-state index in [-0.39, 0.29) is 12.0 Å². The van der Waals surface area contributed by atoms with Gasteiger partial charge in [0.15, 0.2) is 0 Å². The summed E-state index contributed by atoms with van der Waals surface area (Å²) in [6.45, 7) is 1.73. The molecule has 0 heterocycles. The summed E-state index contributed by atoms with van der Waals surface area (Å²) in [5, 5.41) is 17.3. The first-order valence-corrected chi connectivity index (χ1v) is 4.56. The highest BCUT2D eigenvalue weighted by Gasteiger charge is 2.09. The van der Waals surface area contributed by atoms with Crippen molar-refractivity contribution in [1.29, 1.82) is 0 Å². The van der Waals surface area contributed by atoms with Gasteiger partial charge in [0, 0.05) is 5.56 Å². The Bertz CT molecular complexity index is 491. The number of aromatic carboxylic acids is 1. The van der Waals surface area contributed by atoms with Gasteiger partial charge in [0.2, 0.25) is 0 Å². The molecule has 1 rings (SSSR count). The third-order valence-electron chi connectivity index (χ3n) is 1.96. The van der Waals surface area contributed by atoms with Gasteiger partial charge in [-0.1, -0.05) is 24.0 Å². The lowest BCUT2D eigenvalue weighted by molar-refractivity contribution is -0.135. The summed E-state index contributed by atoms with van der Waals surface area (Å²) >= 11 is 0. The van der Waals surface area contributed by atoms with E-state index in [9.17, 15) is 9.59 Å². The minimum Gasteiger partial charge on any atom is -0.481 e. The van der Waals surface area contributed by atoms with Crippen LogP contribution in [0.5, 0.6) is 0 Å². The van der Waals surface area contributed by atoms with Crippen molar-refractivity contribution in [2.45, 2.75) is 13.3 Å². The lowest BCUT2D eigenvalue weighted by Gasteiger charge is -2.02. The van der Waals surface area contributed by atoms with Gasteiger partial charge in [-0.25, -0.2) is 4.79 Å². The Morgan fingerprint density at radius 2 is 2.00 bits per heavy atom. The summed E-state index contributed by atoms with van der Waals surface area (Å²) in [6, 6.07) is 4.80. The largest absolute Gasteiger partial charge is 0.481 e. The van der Waals surface area contributed by atoms with E-state index in [1.165, 1.54) is 6.07 Å². The minimum absolute atomic E-state index is 0.0953. The number of carboxylic acid groups (broad SMARTS) is 2. The standard InChI is InChI=1S/C12H10O4/c1-8-4-2-6-10(12(15)16)9(8)5-3-7-11(13)14/h2,4,6H,7H2,1H3,(H,13,14)(H,15,16). The molecule has 0 saturated carbocycles. The molecule has 16 heavy (non-hydrogen) atoms. The van der Waals surface area contributed by atoms with E-state index in [1.807, 2.05) is 0 Å². The van der Waals surface area contributed by atoms with E-state index < -0.39 is 11.9 Å². The van der Waals surface area contributed by atoms with Crippen LogP contribution in [0.4, 0.5) is 0 Å². The maximum absolute atomic E-state index is 10.9. The molecule has 0 amide bonds. The van der Waals surface area contributed by atoms with Crippen LogP contribution in [0.2, 0.25) is 0 Å². The molecule has 82 valence electrons. The maximum Gasteiger partial charge on any atom is 0.336 e. The van der Waals surface area contributed by atoms with Crippen molar-refractivity contribution in [3.8, 4) is 11.8 Å². The smallest absolute Gasteiger partial charge is 0.336 e. The Labute approximate surface area is 92.5 Å². The molecule has 4 heteroatoms. The van der Waals surface area contributed by atoms with Crippen LogP contribution < -0.4 is 0 Å². The Balaban J connectivity index is 3.14. The van der Waals surface area contributed by atoms with Crippen molar-refractivity contribution in [2.24, 2.45) is 0 Å². The molecular formula is C12H10O4. The van der Waals surface area contributed by atoms with Crippen LogP contribution in [-0.2, 0) is 4.79 Å². The van der Waals surface area contributed by atoms with Crippen molar-refractivity contribution in [3.05, 3.63) is 34.9 Å². The summed E-state index contributed by atoms with van der Waals surface area (Å²) in [5.41, 5.74) is 1.19. The first-order chi connectivity index (χ1) is 7.52. The highest BCUT2D eigenvalue weighted by atomic mass is 16.4. The monoisotopic (exact) mass is 218 g/mol. The maximum atomic E-state index is 10.9. The lowest BCUT2D eigenvalue weighted by atomic mass is 10.0. The van der Waals surface area contributed by atoms with Crippen LogP contribution in [0.1, 0.15) is 27.9 Å². The predicted molar refractivity (Wildman–Crippen MR) is 57.3 cm³/mol. The molecule has 0 unspecified atom stereocenters. The van der Waals surface area contributed by atoms with Crippen LogP contribution in [0.25, 0.3) is 0 Å².